The highest BCUT2D eigenvalue weighted by molar-refractivity contribution is 5.93. The van der Waals surface area contributed by atoms with Gasteiger partial charge in [-0.15, -0.1) is 0 Å². The summed E-state index contributed by atoms with van der Waals surface area (Å²) in [4.78, 5) is 16.2. The number of carbonyl (C=O) groups is 1. The number of oxazole rings is 1. The van der Waals surface area contributed by atoms with Crippen LogP contribution in [-0.4, -0.2) is 24.0 Å². The van der Waals surface area contributed by atoms with Gasteiger partial charge in [0.15, 0.2) is 12.1 Å². The fourth-order valence-electron chi connectivity index (χ4n) is 2.76. The number of carbonyl (C=O) groups excluding carboxylic acids is 1. The molecule has 1 aliphatic heterocycles. The molecule has 116 valence electrons. The third kappa shape index (κ3) is 3.13. The number of amides is 1. The van der Waals surface area contributed by atoms with E-state index >= 15 is 0 Å². The Morgan fingerprint density at radius 2 is 2.27 bits per heavy atom. The molecule has 1 aliphatic rings. The van der Waals surface area contributed by atoms with Gasteiger partial charge in [-0.25, -0.2) is 4.98 Å². The van der Waals surface area contributed by atoms with Gasteiger partial charge >= 0.3 is 0 Å². The molecule has 22 heavy (non-hydrogen) atoms. The van der Waals surface area contributed by atoms with E-state index in [0.717, 1.165) is 18.6 Å². The number of para-hydroxylation sites is 1. The minimum Gasteiger partial charge on any atom is -0.493 e. The first-order chi connectivity index (χ1) is 10.8. The molecule has 0 bridgehead atoms. The van der Waals surface area contributed by atoms with E-state index in [1.54, 1.807) is 0 Å². The summed E-state index contributed by atoms with van der Waals surface area (Å²) in [5.74, 6) is 1.79. The molecule has 2 aromatic rings. The third-order valence-electron chi connectivity index (χ3n) is 3.99. The van der Waals surface area contributed by atoms with E-state index in [-0.39, 0.29) is 5.91 Å². The maximum Gasteiger partial charge on any atom is 0.273 e. The summed E-state index contributed by atoms with van der Waals surface area (Å²) in [6.45, 7) is 3.24. The van der Waals surface area contributed by atoms with Crippen LogP contribution in [0.25, 0.3) is 0 Å². The van der Waals surface area contributed by atoms with Crippen molar-refractivity contribution in [1.82, 2.24) is 10.3 Å². The molecule has 1 N–H and O–H groups in total. The topological polar surface area (TPSA) is 64.4 Å². The van der Waals surface area contributed by atoms with Crippen LogP contribution in [0.15, 0.2) is 35.1 Å². The second kappa shape index (κ2) is 6.64. The SMILES string of the molecule is CCc1ocnc1C(=O)NC[C@@H]1CCOc2ccccc2C1. The van der Waals surface area contributed by atoms with Gasteiger partial charge in [0.2, 0.25) is 0 Å². The van der Waals surface area contributed by atoms with E-state index in [9.17, 15) is 4.79 Å². The number of rotatable bonds is 4. The van der Waals surface area contributed by atoms with Crippen molar-refractivity contribution in [3.63, 3.8) is 0 Å². The zero-order valence-corrected chi connectivity index (χ0v) is 12.7. The molecule has 5 heteroatoms. The van der Waals surface area contributed by atoms with E-state index in [0.29, 0.717) is 36.9 Å². The molecule has 1 aromatic carbocycles. The van der Waals surface area contributed by atoms with Crippen LogP contribution in [0.4, 0.5) is 0 Å². The van der Waals surface area contributed by atoms with Crippen LogP contribution in [0, 0.1) is 5.92 Å². The van der Waals surface area contributed by atoms with Crippen molar-refractivity contribution in [3.8, 4) is 5.75 Å². The van der Waals surface area contributed by atoms with E-state index in [4.69, 9.17) is 9.15 Å². The maximum atomic E-state index is 12.2. The first-order valence-electron chi connectivity index (χ1n) is 7.69. The minimum atomic E-state index is -0.163. The molecule has 2 heterocycles. The van der Waals surface area contributed by atoms with Crippen LogP contribution < -0.4 is 10.1 Å². The highest BCUT2D eigenvalue weighted by Crippen LogP contribution is 2.26. The Kier molecular flexibility index (Phi) is 4.42. The number of nitrogens with zero attached hydrogens (tertiary/aromatic N) is 1. The molecule has 0 aliphatic carbocycles. The summed E-state index contributed by atoms with van der Waals surface area (Å²) in [5, 5.41) is 2.97. The number of ether oxygens (including phenoxy) is 1. The highest BCUT2D eigenvalue weighted by atomic mass is 16.5. The summed E-state index contributed by atoms with van der Waals surface area (Å²) in [6.07, 6.45) is 3.82. The zero-order chi connectivity index (χ0) is 15.4. The number of aryl methyl sites for hydroxylation is 1. The Morgan fingerprint density at radius 3 is 3.14 bits per heavy atom. The standard InChI is InChI=1S/C17H20N2O3/c1-2-14-16(19-11-22-14)17(20)18-10-12-7-8-21-15-6-4-3-5-13(15)9-12/h3-6,11-12H,2,7-10H2,1H3,(H,18,20)/t12-/m1/s1. The second-order valence-corrected chi connectivity index (χ2v) is 5.50. The Bertz CT molecular complexity index is 651. The average Bonchev–Trinajstić information content (AvgIpc) is 2.92. The van der Waals surface area contributed by atoms with Crippen LogP contribution in [0.2, 0.25) is 0 Å². The Balaban J connectivity index is 1.61. The van der Waals surface area contributed by atoms with Crippen molar-refractivity contribution in [1.29, 1.82) is 0 Å². The van der Waals surface area contributed by atoms with E-state index < -0.39 is 0 Å². The molecule has 0 saturated carbocycles. The molecule has 0 saturated heterocycles. The van der Waals surface area contributed by atoms with Gasteiger partial charge in [0.25, 0.3) is 5.91 Å². The van der Waals surface area contributed by atoms with Crippen molar-refractivity contribution in [3.05, 3.63) is 47.7 Å². The summed E-state index contributed by atoms with van der Waals surface area (Å²) < 4.78 is 11.0. The zero-order valence-electron chi connectivity index (χ0n) is 12.7. The fraction of sp³-hybridized carbons (Fsp3) is 0.412. The van der Waals surface area contributed by atoms with Crippen molar-refractivity contribution < 1.29 is 13.9 Å². The fourth-order valence-corrected chi connectivity index (χ4v) is 2.76. The van der Waals surface area contributed by atoms with Crippen LogP contribution in [-0.2, 0) is 12.8 Å². The molecule has 0 spiro atoms. The Morgan fingerprint density at radius 1 is 1.41 bits per heavy atom. The molecule has 1 atom stereocenters. The average molecular weight is 300 g/mol. The number of benzene rings is 1. The molecular weight excluding hydrogens is 280 g/mol. The summed E-state index contributed by atoms with van der Waals surface area (Å²) >= 11 is 0. The van der Waals surface area contributed by atoms with Gasteiger partial charge in [-0.05, 0) is 30.4 Å². The lowest BCUT2D eigenvalue weighted by atomic mass is 9.97. The minimum absolute atomic E-state index is 0.163. The molecule has 0 radical (unpaired) electrons. The lowest BCUT2D eigenvalue weighted by molar-refractivity contribution is 0.0939. The Hall–Kier alpha value is -2.30. The van der Waals surface area contributed by atoms with Crippen LogP contribution in [0.3, 0.4) is 0 Å². The maximum absolute atomic E-state index is 12.2. The van der Waals surface area contributed by atoms with Gasteiger partial charge in [0.05, 0.1) is 6.61 Å². The normalized spacial score (nSPS) is 17.2. The number of hydrogen-bond acceptors (Lipinski definition) is 4. The predicted octanol–water partition coefficient (Wildman–Crippen LogP) is 2.61. The molecule has 3 rings (SSSR count). The van der Waals surface area contributed by atoms with E-state index in [1.807, 2.05) is 25.1 Å². The van der Waals surface area contributed by atoms with Crippen LogP contribution >= 0.6 is 0 Å². The lowest BCUT2D eigenvalue weighted by Gasteiger charge is -2.14. The monoisotopic (exact) mass is 300 g/mol. The largest absolute Gasteiger partial charge is 0.493 e. The Labute approximate surface area is 129 Å². The smallest absolute Gasteiger partial charge is 0.273 e. The van der Waals surface area contributed by atoms with Gasteiger partial charge < -0.3 is 14.5 Å². The van der Waals surface area contributed by atoms with Crippen molar-refractivity contribution in [2.75, 3.05) is 13.2 Å². The molecule has 0 fully saturated rings. The van der Waals surface area contributed by atoms with Crippen molar-refractivity contribution in [2.45, 2.75) is 26.2 Å². The van der Waals surface area contributed by atoms with Gasteiger partial charge in [-0.2, -0.15) is 0 Å². The van der Waals surface area contributed by atoms with E-state index in [1.165, 1.54) is 12.0 Å². The van der Waals surface area contributed by atoms with Crippen molar-refractivity contribution >= 4 is 5.91 Å². The first-order valence-corrected chi connectivity index (χ1v) is 7.69. The van der Waals surface area contributed by atoms with Gasteiger partial charge in [-0.1, -0.05) is 25.1 Å². The summed E-state index contributed by atoms with van der Waals surface area (Å²) in [6, 6.07) is 8.09. The molecule has 1 aromatic heterocycles. The number of nitrogens with one attached hydrogen (secondary N) is 1. The predicted molar refractivity (Wildman–Crippen MR) is 82.0 cm³/mol. The number of fused-ring (bicyclic) bond motifs is 1. The van der Waals surface area contributed by atoms with Crippen LogP contribution in [0.5, 0.6) is 5.75 Å². The summed E-state index contributed by atoms with van der Waals surface area (Å²) in [7, 11) is 0. The third-order valence-corrected chi connectivity index (χ3v) is 3.99. The molecule has 0 unspecified atom stereocenters. The van der Waals surface area contributed by atoms with Crippen LogP contribution in [0.1, 0.15) is 35.2 Å². The number of hydrogen-bond donors (Lipinski definition) is 1. The first kappa shape index (κ1) is 14.6. The van der Waals surface area contributed by atoms with Crippen molar-refractivity contribution in [2.24, 2.45) is 5.92 Å². The highest BCUT2D eigenvalue weighted by Gasteiger charge is 2.20. The van der Waals surface area contributed by atoms with Gasteiger partial charge in [0, 0.05) is 13.0 Å². The molecular formula is C17H20N2O3. The quantitative estimate of drug-likeness (QED) is 0.942. The van der Waals surface area contributed by atoms with E-state index in [2.05, 4.69) is 16.4 Å². The number of aromatic nitrogens is 1. The molecule has 1 amide bonds. The van der Waals surface area contributed by atoms with Gasteiger partial charge in [0.1, 0.15) is 11.5 Å². The summed E-state index contributed by atoms with van der Waals surface area (Å²) in [5.41, 5.74) is 1.60. The van der Waals surface area contributed by atoms with Gasteiger partial charge in [-0.3, -0.25) is 4.79 Å². The second-order valence-electron chi connectivity index (χ2n) is 5.50. The lowest BCUT2D eigenvalue weighted by Crippen LogP contribution is -2.31. The molecule has 5 nitrogen and oxygen atoms in total.